The van der Waals surface area contributed by atoms with Gasteiger partial charge >= 0.3 is 0 Å². The van der Waals surface area contributed by atoms with Crippen LogP contribution in [0.15, 0.2) is 48.5 Å². The Balaban J connectivity index is 1.64. The van der Waals surface area contributed by atoms with Crippen LogP contribution in [0.1, 0.15) is 29.3 Å². The third kappa shape index (κ3) is 6.30. The first-order chi connectivity index (χ1) is 12.1. The molecule has 0 fully saturated rings. The van der Waals surface area contributed by atoms with Crippen LogP contribution in [0.25, 0.3) is 0 Å². The minimum Gasteiger partial charge on any atom is -0.497 e. The summed E-state index contributed by atoms with van der Waals surface area (Å²) in [4.78, 5) is 23.1. The van der Waals surface area contributed by atoms with E-state index in [0.717, 1.165) is 23.4 Å². The molecular weight excluding hydrogens is 316 g/mol. The zero-order valence-corrected chi connectivity index (χ0v) is 14.7. The van der Waals surface area contributed by atoms with Crippen LogP contribution in [0.3, 0.4) is 0 Å². The third-order valence-electron chi connectivity index (χ3n) is 3.87. The number of amides is 1. The van der Waals surface area contributed by atoms with E-state index in [2.05, 4.69) is 10.6 Å². The molecule has 0 aliphatic heterocycles. The number of hydrogen-bond donors (Lipinski definition) is 2. The summed E-state index contributed by atoms with van der Waals surface area (Å²) in [6.07, 6.45) is 1.19. The van der Waals surface area contributed by atoms with E-state index in [-0.39, 0.29) is 11.7 Å². The SMILES string of the molecule is COc1ccc(CCNC(=O)CCNc2ccc(C(C)=O)cc2)cc1. The molecule has 2 aromatic rings. The number of Topliss-reactive ketones (excluding diaryl/α,β-unsaturated/α-hetero) is 1. The summed E-state index contributed by atoms with van der Waals surface area (Å²) in [5, 5.41) is 6.09. The van der Waals surface area contributed by atoms with Crippen molar-refractivity contribution >= 4 is 17.4 Å². The monoisotopic (exact) mass is 340 g/mol. The lowest BCUT2D eigenvalue weighted by molar-refractivity contribution is -0.120. The number of ether oxygens (including phenoxy) is 1. The largest absolute Gasteiger partial charge is 0.497 e. The Morgan fingerprint density at radius 3 is 2.24 bits per heavy atom. The molecule has 0 spiro atoms. The summed E-state index contributed by atoms with van der Waals surface area (Å²) < 4.78 is 5.12. The van der Waals surface area contributed by atoms with Gasteiger partial charge in [0.1, 0.15) is 5.75 Å². The summed E-state index contributed by atoms with van der Waals surface area (Å²) in [6, 6.07) is 15.1. The van der Waals surface area contributed by atoms with Crippen LogP contribution in [0.2, 0.25) is 0 Å². The molecule has 0 atom stereocenters. The molecule has 0 radical (unpaired) electrons. The van der Waals surface area contributed by atoms with Crippen molar-refractivity contribution in [3.05, 3.63) is 59.7 Å². The average molecular weight is 340 g/mol. The molecule has 0 aliphatic rings. The van der Waals surface area contributed by atoms with Gasteiger partial charge in [0.05, 0.1) is 7.11 Å². The highest BCUT2D eigenvalue weighted by atomic mass is 16.5. The lowest BCUT2D eigenvalue weighted by atomic mass is 10.1. The van der Waals surface area contributed by atoms with Gasteiger partial charge in [-0.2, -0.15) is 0 Å². The van der Waals surface area contributed by atoms with Gasteiger partial charge in [-0.25, -0.2) is 0 Å². The summed E-state index contributed by atoms with van der Waals surface area (Å²) in [5.41, 5.74) is 2.74. The molecule has 0 heterocycles. The molecule has 0 aromatic heterocycles. The van der Waals surface area contributed by atoms with Crippen LogP contribution >= 0.6 is 0 Å². The van der Waals surface area contributed by atoms with Gasteiger partial charge in [-0.05, 0) is 55.3 Å². The minimum absolute atomic E-state index is 0.0152. The first-order valence-electron chi connectivity index (χ1n) is 8.33. The number of carbonyl (C=O) groups is 2. The van der Waals surface area contributed by atoms with E-state index in [4.69, 9.17) is 4.74 Å². The van der Waals surface area contributed by atoms with Gasteiger partial charge in [-0.3, -0.25) is 9.59 Å². The number of ketones is 1. The van der Waals surface area contributed by atoms with E-state index in [1.165, 1.54) is 0 Å². The molecule has 0 saturated carbocycles. The molecule has 2 aromatic carbocycles. The fourth-order valence-electron chi connectivity index (χ4n) is 2.37. The zero-order chi connectivity index (χ0) is 18.1. The predicted octanol–water partition coefficient (Wildman–Crippen LogP) is 3.06. The molecule has 2 N–H and O–H groups in total. The van der Waals surface area contributed by atoms with E-state index in [1.807, 2.05) is 36.4 Å². The fourth-order valence-corrected chi connectivity index (χ4v) is 2.37. The smallest absolute Gasteiger partial charge is 0.221 e. The summed E-state index contributed by atoms with van der Waals surface area (Å²) in [6.45, 7) is 2.70. The maximum atomic E-state index is 11.9. The second-order valence-corrected chi connectivity index (χ2v) is 5.76. The molecule has 25 heavy (non-hydrogen) atoms. The van der Waals surface area contributed by atoms with E-state index in [9.17, 15) is 9.59 Å². The molecule has 132 valence electrons. The Labute approximate surface area is 148 Å². The number of nitrogens with one attached hydrogen (secondary N) is 2. The topological polar surface area (TPSA) is 67.4 Å². The number of rotatable bonds is 9. The maximum Gasteiger partial charge on any atom is 0.221 e. The second kappa shape index (κ2) is 9.47. The van der Waals surface area contributed by atoms with E-state index in [1.54, 1.807) is 26.2 Å². The lowest BCUT2D eigenvalue weighted by Crippen LogP contribution is -2.27. The molecule has 0 aliphatic carbocycles. The Hall–Kier alpha value is -2.82. The van der Waals surface area contributed by atoms with Crippen molar-refractivity contribution in [1.29, 1.82) is 0 Å². The molecule has 2 rings (SSSR count). The van der Waals surface area contributed by atoms with Gasteiger partial charge in [0.2, 0.25) is 5.91 Å². The second-order valence-electron chi connectivity index (χ2n) is 5.76. The van der Waals surface area contributed by atoms with E-state index in [0.29, 0.717) is 25.1 Å². The maximum absolute atomic E-state index is 11.9. The van der Waals surface area contributed by atoms with Crippen molar-refractivity contribution in [1.82, 2.24) is 5.32 Å². The molecule has 0 saturated heterocycles. The zero-order valence-electron chi connectivity index (χ0n) is 14.7. The molecule has 5 heteroatoms. The van der Waals surface area contributed by atoms with Crippen LogP contribution in [0.5, 0.6) is 5.75 Å². The van der Waals surface area contributed by atoms with Crippen molar-refractivity contribution in [2.45, 2.75) is 19.8 Å². The Morgan fingerprint density at radius 1 is 0.960 bits per heavy atom. The Bertz CT molecular complexity index is 694. The van der Waals surface area contributed by atoms with Crippen LogP contribution in [-0.2, 0) is 11.2 Å². The van der Waals surface area contributed by atoms with Gasteiger partial charge in [0.25, 0.3) is 0 Å². The van der Waals surface area contributed by atoms with Crippen molar-refractivity contribution in [3.8, 4) is 5.75 Å². The van der Waals surface area contributed by atoms with Crippen molar-refractivity contribution in [2.75, 3.05) is 25.5 Å². The highest BCUT2D eigenvalue weighted by Gasteiger charge is 2.02. The fraction of sp³-hybridized carbons (Fsp3) is 0.300. The minimum atomic E-state index is 0.0152. The molecule has 0 bridgehead atoms. The Morgan fingerprint density at radius 2 is 1.64 bits per heavy atom. The molecule has 0 unspecified atom stereocenters. The van der Waals surface area contributed by atoms with Gasteiger partial charge in [0, 0.05) is 30.8 Å². The van der Waals surface area contributed by atoms with Crippen molar-refractivity contribution in [2.24, 2.45) is 0 Å². The highest BCUT2D eigenvalue weighted by Crippen LogP contribution is 2.11. The van der Waals surface area contributed by atoms with Gasteiger partial charge in [-0.1, -0.05) is 12.1 Å². The number of anilines is 1. The Kier molecular flexibility index (Phi) is 7.01. The number of methoxy groups -OCH3 is 1. The van der Waals surface area contributed by atoms with Gasteiger partial charge in [0.15, 0.2) is 5.78 Å². The predicted molar refractivity (Wildman–Crippen MR) is 99.3 cm³/mol. The highest BCUT2D eigenvalue weighted by molar-refractivity contribution is 5.94. The first kappa shape index (κ1) is 18.5. The van der Waals surface area contributed by atoms with Gasteiger partial charge < -0.3 is 15.4 Å². The van der Waals surface area contributed by atoms with Crippen LogP contribution < -0.4 is 15.4 Å². The average Bonchev–Trinajstić information content (AvgIpc) is 2.63. The van der Waals surface area contributed by atoms with Crippen LogP contribution in [0, 0.1) is 0 Å². The number of carbonyl (C=O) groups excluding carboxylic acids is 2. The van der Waals surface area contributed by atoms with Crippen molar-refractivity contribution in [3.63, 3.8) is 0 Å². The normalized spacial score (nSPS) is 10.2. The third-order valence-corrected chi connectivity index (χ3v) is 3.87. The first-order valence-corrected chi connectivity index (χ1v) is 8.33. The summed E-state index contributed by atoms with van der Waals surface area (Å²) in [7, 11) is 1.64. The quantitative estimate of drug-likeness (QED) is 0.689. The summed E-state index contributed by atoms with van der Waals surface area (Å²) >= 11 is 0. The summed E-state index contributed by atoms with van der Waals surface area (Å²) in [5.74, 6) is 0.888. The van der Waals surface area contributed by atoms with Crippen molar-refractivity contribution < 1.29 is 14.3 Å². The van der Waals surface area contributed by atoms with Crippen LogP contribution in [-0.4, -0.2) is 31.9 Å². The molecular formula is C20H24N2O3. The number of hydrogen-bond acceptors (Lipinski definition) is 4. The molecule has 5 nitrogen and oxygen atoms in total. The lowest BCUT2D eigenvalue weighted by Gasteiger charge is -2.08. The van der Waals surface area contributed by atoms with Crippen LogP contribution in [0.4, 0.5) is 5.69 Å². The van der Waals surface area contributed by atoms with Gasteiger partial charge in [-0.15, -0.1) is 0 Å². The van der Waals surface area contributed by atoms with E-state index < -0.39 is 0 Å². The molecule has 1 amide bonds. The standard InChI is InChI=1S/C20H24N2O3/c1-15(23)17-5-7-18(8-6-17)21-14-12-20(24)22-13-11-16-3-9-19(25-2)10-4-16/h3-10,21H,11-14H2,1-2H3,(H,22,24). The van der Waals surface area contributed by atoms with E-state index >= 15 is 0 Å². The number of benzene rings is 2.